The van der Waals surface area contributed by atoms with Gasteiger partial charge in [-0.25, -0.2) is 4.98 Å². The Hall–Kier alpha value is -2.23. The first-order valence-corrected chi connectivity index (χ1v) is 15.0. The summed E-state index contributed by atoms with van der Waals surface area (Å²) in [5.74, 6) is 0.199. The molecule has 2 aromatic rings. The molecule has 1 atom stereocenters. The van der Waals surface area contributed by atoms with E-state index in [2.05, 4.69) is 39.6 Å². The molecule has 2 N–H and O–H groups in total. The Morgan fingerprint density at radius 2 is 1.79 bits per heavy atom. The third-order valence-corrected chi connectivity index (χ3v) is 9.16. The molecule has 0 aromatic carbocycles. The molecule has 0 radical (unpaired) electrons. The van der Waals surface area contributed by atoms with Crippen LogP contribution in [-0.2, 0) is 11.3 Å². The van der Waals surface area contributed by atoms with E-state index in [0.717, 1.165) is 49.2 Å². The highest BCUT2D eigenvalue weighted by Gasteiger charge is 2.30. The molecule has 2 aromatic heterocycles. The Morgan fingerprint density at radius 1 is 1.05 bits per heavy atom. The van der Waals surface area contributed by atoms with Gasteiger partial charge < -0.3 is 20.4 Å². The van der Waals surface area contributed by atoms with Crippen molar-refractivity contribution in [2.45, 2.75) is 88.9 Å². The zero-order valence-corrected chi connectivity index (χ0v) is 24.4. The lowest BCUT2D eigenvalue weighted by molar-refractivity contribution is -0.124. The Kier molecular flexibility index (Phi) is 10.4. The van der Waals surface area contributed by atoms with E-state index in [1.807, 2.05) is 18.0 Å². The number of hydrogen-bond donors (Lipinski definition) is 2. The van der Waals surface area contributed by atoms with Crippen LogP contribution >= 0.6 is 22.9 Å². The van der Waals surface area contributed by atoms with E-state index in [-0.39, 0.29) is 17.9 Å². The summed E-state index contributed by atoms with van der Waals surface area (Å²) in [4.78, 5) is 40.1. The van der Waals surface area contributed by atoms with Crippen molar-refractivity contribution in [3.05, 3.63) is 39.6 Å². The first-order valence-electron chi connectivity index (χ1n) is 13.8. The van der Waals surface area contributed by atoms with Crippen molar-refractivity contribution in [2.75, 3.05) is 26.0 Å². The van der Waals surface area contributed by atoms with Crippen molar-refractivity contribution in [3.63, 3.8) is 0 Å². The van der Waals surface area contributed by atoms with Crippen LogP contribution in [0.4, 0.5) is 5.69 Å². The molecule has 2 fully saturated rings. The molecule has 8 nitrogen and oxygen atoms in total. The molecule has 0 saturated heterocycles. The second kappa shape index (κ2) is 13.7. The average molecular weight is 561 g/mol. The number of aromatic nitrogens is 2. The lowest BCUT2D eigenvalue weighted by Gasteiger charge is -2.34. The molecule has 2 saturated carbocycles. The summed E-state index contributed by atoms with van der Waals surface area (Å²) in [6.45, 7) is 0.529. The van der Waals surface area contributed by atoms with Crippen LogP contribution < -0.4 is 15.5 Å². The smallest absolute Gasteiger partial charge is 0.263 e. The number of pyridine rings is 1. The quantitative estimate of drug-likeness (QED) is 0.430. The van der Waals surface area contributed by atoms with E-state index in [0.29, 0.717) is 34.8 Å². The van der Waals surface area contributed by atoms with Gasteiger partial charge in [-0.15, -0.1) is 11.3 Å². The van der Waals surface area contributed by atoms with Crippen LogP contribution in [0.3, 0.4) is 0 Å². The van der Waals surface area contributed by atoms with Gasteiger partial charge in [0.2, 0.25) is 5.91 Å². The van der Waals surface area contributed by atoms with Crippen molar-refractivity contribution in [2.24, 2.45) is 5.92 Å². The molecule has 10 heteroatoms. The second-order valence-corrected chi connectivity index (χ2v) is 12.6. The van der Waals surface area contributed by atoms with Crippen molar-refractivity contribution < 1.29 is 9.59 Å². The normalized spacial score (nSPS) is 21.2. The van der Waals surface area contributed by atoms with Gasteiger partial charge in [0.15, 0.2) is 0 Å². The Bertz CT molecular complexity index is 1070. The number of carbonyl (C=O) groups is 2. The molecule has 2 aliphatic rings. The summed E-state index contributed by atoms with van der Waals surface area (Å²) < 4.78 is 0. The van der Waals surface area contributed by atoms with Crippen LogP contribution in [0.25, 0.3) is 0 Å². The molecule has 4 rings (SSSR count). The Morgan fingerprint density at radius 3 is 2.47 bits per heavy atom. The van der Waals surface area contributed by atoms with Gasteiger partial charge >= 0.3 is 0 Å². The number of halogens is 1. The number of hydrogen-bond acceptors (Lipinski definition) is 7. The first-order chi connectivity index (χ1) is 18.3. The second-order valence-electron chi connectivity index (χ2n) is 11.1. The summed E-state index contributed by atoms with van der Waals surface area (Å²) in [5.41, 5.74) is 0.877. The van der Waals surface area contributed by atoms with Gasteiger partial charge in [-0.3, -0.25) is 14.6 Å². The molecule has 0 bridgehead atoms. The van der Waals surface area contributed by atoms with Gasteiger partial charge in [-0.05, 0) is 58.2 Å². The minimum atomic E-state index is -0.525. The Labute approximate surface area is 235 Å². The average Bonchev–Trinajstić information content (AvgIpc) is 3.38. The number of rotatable bonds is 10. The minimum Gasteiger partial charge on any atom is -0.367 e. The van der Waals surface area contributed by atoms with E-state index in [4.69, 9.17) is 11.6 Å². The molecule has 0 spiro atoms. The lowest BCUT2D eigenvalue weighted by Crippen LogP contribution is -2.51. The molecule has 0 aliphatic heterocycles. The van der Waals surface area contributed by atoms with Crippen LogP contribution in [0.5, 0.6) is 0 Å². The monoisotopic (exact) mass is 560 g/mol. The van der Waals surface area contributed by atoms with Gasteiger partial charge in [-0.1, -0.05) is 43.7 Å². The standard InChI is InChI=1S/C28H41ClN6O2S/c1-34(2)22-11-9-21(10-12-22)32-27(36)24(13-19-7-5-4-6-8-19)33-28(37)25-17-31-26(38-25)18-35(3)23-14-20(29)15-30-16-23/h14-17,19,21-22,24H,4-13,18H2,1-3H3,(H,32,36)(H,33,37)/t21?,22?,24-/m0/s1. The molecule has 208 valence electrons. The number of nitrogens with zero attached hydrogens (tertiary/aromatic N) is 4. The predicted molar refractivity (Wildman–Crippen MR) is 154 cm³/mol. The summed E-state index contributed by atoms with van der Waals surface area (Å²) in [7, 11) is 6.18. The van der Waals surface area contributed by atoms with Crippen LogP contribution in [0.2, 0.25) is 5.02 Å². The fourth-order valence-corrected chi connectivity index (χ4v) is 6.69. The highest BCUT2D eigenvalue weighted by atomic mass is 35.5. The largest absolute Gasteiger partial charge is 0.367 e. The SMILES string of the molecule is CN(Cc1ncc(C(=O)N[C@@H](CC2CCCCC2)C(=O)NC2CCC(N(C)C)CC2)s1)c1cncc(Cl)c1. The molecule has 2 amide bonds. The van der Waals surface area contributed by atoms with Crippen LogP contribution in [0, 0.1) is 5.92 Å². The summed E-state index contributed by atoms with van der Waals surface area (Å²) in [5, 5.41) is 7.72. The fraction of sp³-hybridized carbons (Fsp3) is 0.643. The van der Waals surface area contributed by atoms with E-state index >= 15 is 0 Å². The maximum Gasteiger partial charge on any atom is 0.263 e. The topological polar surface area (TPSA) is 90.5 Å². The van der Waals surface area contributed by atoms with Crippen LogP contribution in [0.15, 0.2) is 24.7 Å². The number of thiazole rings is 1. The highest BCUT2D eigenvalue weighted by molar-refractivity contribution is 7.13. The Balaban J connectivity index is 1.37. The molecule has 0 unspecified atom stereocenters. The zero-order valence-electron chi connectivity index (χ0n) is 22.8. The van der Waals surface area contributed by atoms with Crippen molar-refractivity contribution in [1.29, 1.82) is 0 Å². The van der Waals surface area contributed by atoms with Gasteiger partial charge in [0.05, 0.1) is 29.6 Å². The third kappa shape index (κ3) is 8.13. The highest BCUT2D eigenvalue weighted by Crippen LogP contribution is 2.28. The minimum absolute atomic E-state index is 0.0462. The number of nitrogens with one attached hydrogen (secondary N) is 2. The van der Waals surface area contributed by atoms with Crippen molar-refractivity contribution in [3.8, 4) is 0 Å². The van der Waals surface area contributed by atoms with Gasteiger partial charge in [-0.2, -0.15) is 0 Å². The summed E-state index contributed by atoms with van der Waals surface area (Å²) in [6.07, 6.45) is 15.7. The van der Waals surface area contributed by atoms with E-state index in [1.165, 1.54) is 30.6 Å². The molecule has 2 heterocycles. The van der Waals surface area contributed by atoms with Crippen LogP contribution in [-0.4, -0.2) is 66.0 Å². The third-order valence-electron chi connectivity index (χ3n) is 7.97. The predicted octanol–water partition coefficient (Wildman–Crippen LogP) is 4.89. The van der Waals surface area contributed by atoms with E-state index in [1.54, 1.807) is 18.6 Å². The number of amides is 2. The van der Waals surface area contributed by atoms with Gasteiger partial charge in [0.25, 0.3) is 5.91 Å². The molecular formula is C28H41ClN6O2S. The maximum absolute atomic E-state index is 13.4. The molecular weight excluding hydrogens is 520 g/mol. The fourth-order valence-electron chi connectivity index (χ4n) is 5.65. The van der Waals surface area contributed by atoms with Gasteiger partial charge in [0.1, 0.15) is 15.9 Å². The van der Waals surface area contributed by atoms with Crippen molar-refractivity contribution >= 4 is 40.4 Å². The molecule has 38 heavy (non-hydrogen) atoms. The number of anilines is 1. The summed E-state index contributed by atoms with van der Waals surface area (Å²) >= 11 is 7.42. The maximum atomic E-state index is 13.4. The van der Waals surface area contributed by atoms with E-state index in [9.17, 15) is 9.59 Å². The zero-order chi connectivity index (χ0) is 27.1. The van der Waals surface area contributed by atoms with E-state index < -0.39 is 6.04 Å². The number of carbonyl (C=O) groups excluding carboxylic acids is 2. The van der Waals surface area contributed by atoms with Crippen LogP contribution in [0.1, 0.15) is 78.9 Å². The lowest BCUT2D eigenvalue weighted by atomic mass is 9.84. The van der Waals surface area contributed by atoms with Crippen molar-refractivity contribution in [1.82, 2.24) is 25.5 Å². The van der Waals surface area contributed by atoms with Gasteiger partial charge in [0, 0.05) is 25.3 Å². The molecule has 2 aliphatic carbocycles. The summed E-state index contributed by atoms with van der Waals surface area (Å²) in [6, 6.07) is 2.08. The first kappa shape index (κ1) is 28.8.